The van der Waals surface area contributed by atoms with Crippen LogP contribution in [0, 0.1) is 34.5 Å². The van der Waals surface area contributed by atoms with Crippen LogP contribution in [-0.2, 0) is 9.59 Å². The lowest BCUT2D eigenvalue weighted by Crippen LogP contribution is -2.52. The lowest BCUT2D eigenvalue weighted by molar-refractivity contribution is -0.134. The van der Waals surface area contributed by atoms with Crippen LogP contribution in [0.2, 0.25) is 0 Å². The van der Waals surface area contributed by atoms with Crippen molar-refractivity contribution >= 4 is 23.3 Å². The van der Waals surface area contributed by atoms with Gasteiger partial charge in [-0.05, 0) is 68.6 Å². The zero-order valence-corrected chi connectivity index (χ0v) is 16.1. The number of carbonyl (C=O) groups is 2. The number of Topliss-reactive ketones (excluding diaryl/α,β-unsaturated/α-hetero) is 1. The first kappa shape index (κ1) is 16.9. The number of carbonyl (C=O) groups excluding carboxylic acids is 2. The van der Waals surface area contributed by atoms with Gasteiger partial charge in [-0.3, -0.25) is 9.59 Å². The van der Waals surface area contributed by atoms with E-state index < -0.39 is 0 Å². The maximum atomic E-state index is 12.8. The summed E-state index contributed by atoms with van der Waals surface area (Å²) in [6, 6.07) is 0. The zero-order chi connectivity index (χ0) is 17.1. The van der Waals surface area contributed by atoms with Crippen LogP contribution < -0.4 is 0 Å². The molecule has 4 aliphatic carbocycles. The minimum atomic E-state index is -0.0627. The van der Waals surface area contributed by atoms with Crippen LogP contribution >= 0.6 is 11.8 Å². The van der Waals surface area contributed by atoms with Crippen LogP contribution in [0.15, 0.2) is 11.6 Å². The quantitative estimate of drug-likeness (QED) is 0.728. The summed E-state index contributed by atoms with van der Waals surface area (Å²) >= 11 is 1.95. The number of thioether (sulfide) groups is 1. The molecule has 0 saturated heterocycles. The van der Waals surface area contributed by atoms with Crippen LogP contribution in [0.4, 0.5) is 0 Å². The molecule has 4 rings (SSSR count). The molecule has 0 aromatic rings. The highest BCUT2D eigenvalue weighted by Crippen LogP contribution is 2.65. The molecule has 3 saturated carbocycles. The van der Waals surface area contributed by atoms with Crippen molar-refractivity contribution in [1.29, 1.82) is 0 Å². The number of rotatable bonds is 2. The highest BCUT2D eigenvalue weighted by molar-refractivity contribution is 7.98. The van der Waals surface area contributed by atoms with Gasteiger partial charge < -0.3 is 0 Å². The lowest BCUT2D eigenvalue weighted by Gasteiger charge is -2.58. The van der Waals surface area contributed by atoms with E-state index in [4.69, 9.17) is 0 Å². The Morgan fingerprint density at radius 1 is 1.17 bits per heavy atom. The minimum absolute atomic E-state index is 0.0627. The van der Waals surface area contributed by atoms with Crippen molar-refractivity contribution in [2.75, 3.05) is 12.0 Å². The molecule has 0 radical (unpaired) electrons. The molecule has 3 fully saturated rings. The molecule has 4 aliphatic rings. The molecular formula is C21H30O2S. The van der Waals surface area contributed by atoms with Gasteiger partial charge in [0.15, 0.2) is 5.78 Å². The first-order valence-electron chi connectivity index (χ1n) is 9.69. The molecule has 0 aromatic heterocycles. The van der Waals surface area contributed by atoms with E-state index in [0.29, 0.717) is 29.3 Å². The Morgan fingerprint density at radius 2 is 1.96 bits per heavy atom. The van der Waals surface area contributed by atoms with E-state index in [-0.39, 0.29) is 16.7 Å². The fourth-order valence-electron chi connectivity index (χ4n) is 7.00. The molecule has 24 heavy (non-hydrogen) atoms. The molecule has 0 bridgehead atoms. The van der Waals surface area contributed by atoms with Crippen LogP contribution in [0.5, 0.6) is 0 Å². The van der Waals surface area contributed by atoms with Crippen molar-refractivity contribution in [3.05, 3.63) is 11.6 Å². The monoisotopic (exact) mass is 346 g/mol. The van der Waals surface area contributed by atoms with Gasteiger partial charge in [0.05, 0.1) is 0 Å². The Bertz CT molecular complexity index is 609. The maximum Gasteiger partial charge on any atom is 0.155 e. The highest BCUT2D eigenvalue weighted by atomic mass is 32.2. The highest BCUT2D eigenvalue weighted by Gasteiger charge is 2.61. The average molecular weight is 347 g/mol. The lowest BCUT2D eigenvalue weighted by atomic mass is 9.47. The predicted molar refractivity (Wildman–Crippen MR) is 99.0 cm³/mol. The van der Waals surface area contributed by atoms with Gasteiger partial charge in [-0.25, -0.2) is 0 Å². The Kier molecular flexibility index (Phi) is 4.02. The number of ketones is 2. The van der Waals surface area contributed by atoms with Gasteiger partial charge in [0, 0.05) is 28.9 Å². The molecule has 0 aliphatic heterocycles. The Hall–Kier alpha value is -0.570. The van der Waals surface area contributed by atoms with Gasteiger partial charge in [0.25, 0.3) is 0 Å². The second-order valence-electron chi connectivity index (χ2n) is 9.10. The summed E-state index contributed by atoms with van der Waals surface area (Å²) in [7, 11) is 0. The fraction of sp³-hybridized carbons (Fsp3) is 0.810. The maximum absolute atomic E-state index is 12.8. The van der Waals surface area contributed by atoms with Gasteiger partial charge in [-0.15, -0.1) is 0 Å². The molecule has 0 spiro atoms. The zero-order valence-electron chi connectivity index (χ0n) is 15.3. The number of fused-ring (bicyclic) bond motifs is 5. The van der Waals surface area contributed by atoms with E-state index >= 15 is 0 Å². The van der Waals surface area contributed by atoms with E-state index in [1.807, 2.05) is 17.8 Å². The summed E-state index contributed by atoms with van der Waals surface area (Å²) in [6.45, 7) is 4.41. The summed E-state index contributed by atoms with van der Waals surface area (Å²) in [5.74, 6) is 4.23. The van der Waals surface area contributed by atoms with E-state index in [9.17, 15) is 9.59 Å². The van der Waals surface area contributed by atoms with Gasteiger partial charge in [-0.2, -0.15) is 11.8 Å². The molecule has 0 aromatic carbocycles. The largest absolute Gasteiger partial charge is 0.299 e. The van der Waals surface area contributed by atoms with Crippen LogP contribution in [0.1, 0.15) is 58.8 Å². The Labute approximate surface area is 150 Å². The van der Waals surface area contributed by atoms with Crippen molar-refractivity contribution in [3.63, 3.8) is 0 Å². The van der Waals surface area contributed by atoms with Crippen molar-refractivity contribution in [2.24, 2.45) is 34.5 Å². The first-order chi connectivity index (χ1) is 11.4. The summed E-state index contributed by atoms with van der Waals surface area (Å²) in [5.41, 5.74) is 1.63. The van der Waals surface area contributed by atoms with Gasteiger partial charge in [-0.1, -0.05) is 19.4 Å². The van der Waals surface area contributed by atoms with Crippen LogP contribution in [0.3, 0.4) is 0 Å². The van der Waals surface area contributed by atoms with Crippen LogP contribution in [0.25, 0.3) is 0 Å². The molecule has 1 unspecified atom stereocenters. The van der Waals surface area contributed by atoms with Crippen molar-refractivity contribution in [3.8, 4) is 0 Å². The summed E-state index contributed by atoms with van der Waals surface area (Å²) in [5, 5.41) is 0. The molecule has 6 atom stereocenters. The number of hydrogen-bond donors (Lipinski definition) is 0. The Balaban J connectivity index is 1.73. The topological polar surface area (TPSA) is 34.1 Å². The molecule has 0 N–H and O–H groups in total. The summed E-state index contributed by atoms with van der Waals surface area (Å²) in [4.78, 5) is 24.8. The standard InChI is InChI=1S/C21H30O2S/c1-13-10-18-16-5-4-14-11-15(22)6-9-21(14,12-24-3)17(16)7-8-20(18,2)19(13)23/h11,13,16-18H,4-10,12H2,1-3H3/t13?,16-,17-,18+,20+,21-/m1/s1. The predicted octanol–water partition coefficient (Wildman–Crippen LogP) is 4.68. The van der Waals surface area contributed by atoms with Gasteiger partial charge in [0.1, 0.15) is 5.78 Å². The molecule has 2 nitrogen and oxygen atoms in total. The normalized spacial score (nSPS) is 47.7. The molecule has 3 heteroatoms. The molecule has 0 amide bonds. The van der Waals surface area contributed by atoms with Crippen molar-refractivity contribution < 1.29 is 9.59 Å². The second kappa shape index (κ2) is 5.72. The summed E-state index contributed by atoms with van der Waals surface area (Å²) in [6.07, 6.45) is 11.6. The molecular weight excluding hydrogens is 316 g/mol. The third-order valence-electron chi connectivity index (χ3n) is 8.10. The Morgan fingerprint density at radius 3 is 2.71 bits per heavy atom. The number of hydrogen-bond acceptors (Lipinski definition) is 3. The van der Waals surface area contributed by atoms with E-state index in [1.165, 1.54) is 18.4 Å². The minimum Gasteiger partial charge on any atom is -0.299 e. The van der Waals surface area contributed by atoms with E-state index in [0.717, 1.165) is 37.9 Å². The third-order valence-corrected chi connectivity index (χ3v) is 8.90. The smallest absolute Gasteiger partial charge is 0.155 e. The summed E-state index contributed by atoms with van der Waals surface area (Å²) < 4.78 is 0. The van der Waals surface area contributed by atoms with Crippen LogP contribution in [-0.4, -0.2) is 23.6 Å². The van der Waals surface area contributed by atoms with E-state index in [1.54, 1.807) is 0 Å². The third kappa shape index (κ3) is 2.15. The van der Waals surface area contributed by atoms with E-state index in [2.05, 4.69) is 20.1 Å². The SMILES string of the molecule is CSC[C@]12CCC(=O)C=C1CC[C@@H]1[C@H]2CC[C@]2(C)C(=O)C(C)C[C@@H]12. The number of allylic oxidation sites excluding steroid dienone is 1. The van der Waals surface area contributed by atoms with Gasteiger partial charge >= 0.3 is 0 Å². The first-order valence-corrected chi connectivity index (χ1v) is 11.1. The van der Waals surface area contributed by atoms with Crippen molar-refractivity contribution in [1.82, 2.24) is 0 Å². The average Bonchev–Trinajstić information content (AvgIpc) is 2.79. The molecule has 132 valence electrons. The second-order valence-corrected chi connectivity index (χ2v) is 9.96. The molecule has 0 heterocycles. The van der Waals surface area contributed by atoms with Crippen molar-refractivity contribution in [2.45, 2.75) is 58.8 Å². The van der Waals surface area contributed by atoms with Gasteiger partial charge in [0.2, 0.25) is 0 Å². The fourth-order valence-corrected chi connectivity index (χ4v) is 8.06.